The molecule has 0 unspecified atom stereocenters. The van der Waals surface area contributed by atoms with Gasteiger partial charge < -0.3 is 10.1 Å². The highest BCUT2D eigenvalue weighted by molar-refractivity contribution is 5.82. The summed E-state index contributed by atoms with van der Waals surface area (Å²) in [7, 11) is 0. The number of anilines is 1. The third-order valence-corrected chi connectivity index (χ3v) is 6.32. The van der Waals surface area contributed by atoms with Crippen LogP contribution in [0.4, 0.5) is 11.4 Å². The second kappa shape index (κ2) is 8.43. The van der Waals surface area contributed by atoms with E-state index in [0.717, 1.165) is 23.4 Å². The van der Waals surface area contributed by atoms with Gasteiger partial charge in [0.25, 0.3) is 0 Å². The van der Waals surface area contributed by atoms with Gasteiger partial charge in [0.2, 0.25) is 0 Å². The third-order valence-electron chi connectivity index (χ3n) is 6.32. The summed E-state index contributed by atoms with van der Waals surface area (Å²) in [4.78, 5) is 4.65. The molecular formula is C28H28N2O. The number of ether oxygens (including phenoxy) is 1. The Hall–Kier alpha value is -3.33. The molecule has 0 bridgehead atoms. The van der Waals surface area contributed by atoms with Gasteiger partial charge in [-0.05, 0) is 85.3 Å². The fourth-order valence-electron chi connectivity index (χ4n) is 4.78. The number of fused-ring (bicyclic) bond motifs is 3. The predicted octanol–water partition coefficient (Wildman–Crippen LogP) is 6.97. The van der Waals surface area contributed by atoms with Crippen LogP contribution in [0.25, 0.3) is 0 Å². The third kappa shape index (κ3) is 4.00. The minimum absolute atomic E-state index is 0.319. The quantitative estimate of drug-likeness (QED) is 0.365. The molecule has 3 heteroatoms. The van der Waals surface area contributed by atoms with Crippen molar-refractivity contribution < 1.29 is 4.74 Å². The van der Waals surface area contributed by atoms with E-state index in [0.29, 0.717) is 24.5 Å². The highest BCUT2D eigenvalue weighted by Gasteiger charge is 2.37. The minimum atomic E-state index is 0.319. The number of allylic oxidation sites excluding steroid dienone is 2. The summed E-state index contributed by atoms with van der Waals surface area (Å²) >= 11 is 0. The molecule has 0 saturated carbocycles. The summed E-state index contributed by atoms with van der Waals surface area (Å²) in [6.45, 7) is 4.84. The van der Waals surface area contributed by atoms with Crippen molar-refractivity contribution in [3.8, 4) is 5.75 Å². The van der Waals surface area contributed by atoms with Gasteiger partial charge in [0.05, 0.1) is 18.3 Å². The number of aliphatic imine (C=N–C) groups is 1. The van der Waals surface area contributed by atoms with E-state index in [4.69, 9.17) is 4.74 Å². The van der Waals surface area contributed by atoms with E-state index >= 15 is 0 Å². The van der Waals surface area contributed by atoms with E-state index in [2.05, 4.69) is 71.8 Å². The lowest BCUT2D eigenvalue weighted by Crippen LogP contribution is -2.29. The first kappa shape index (κ1) is 19.6. The molecule has 0 fully saturated rings. The molecule has 1 aliphatic heterocycles. The van der Waals surface area contributed by atoms with E-state index in [9.17, 15) is 0 Å². The molecule has 3 atom stereocenters. The van der Waals surface area contributed by atoms with Crippen molar-refractivity contribution in [3.05, 3.63) is 101 Å². The molecule has 3 aromatic carbocycles. The van der Waals surface area contributed by atoms with Gasteiger partial charge in [-0.25, -0.2) is 0 Å². The van der Waals surface area contributed by atoms with Gasteiger partial charge in [0, 0.05) is 17.8 Å². The molecule has 31 heavy (non-hydrogen) atoms. The summed E-state index contributed by atoms with van der Waals surface area (Å²) in [5.41, 5.74) is 7.38. The molecule has 2 aliphatic rings. The van der Waals surface area contributed by atoms with Gasteiger partial charge in [-0.1, -0.05) is 42.0 Å². The molecule has 3 nitrogen and oxygen atoms in total. The first-order valence-corrected chi connectivity index (χ1v) is 11.1. The molecule has 0 amide bonds. The Kier molecular flexibility index (Phi) is 5.33. The molecule has 156 valence electrons. The van der Waals surface area contributed by atoms with E-state index < -0.39 is 0 Å². The number of aryl methyl sites for hydroxylation is 1. The summed E-state index contributed by atoms with van der Waals surface area (Å²) in [6, 6.07) is 23.8. The standard InChI is InChI=1S/C28H28N2O/c1-3-31-23-14-8-20(9-15-23)18-29-22-12-10-21(11-13-22)28-25-6-4-5-24(25)26-17-19(2)7-16-27(26)30-28/h4-5,7-18,24-25,28,30H,3,6H2,1-2H3/t24-,25-,28+/m1/s1. The largest absolute Gasteiger partial charge is 0.494 e. The maximum atomic E-state index is 5.50. The van der Waals surface area contributed by atoms with Crippen LogP contribution in [0, 0.1) is 12.8 Å². The normalized spacial score (nSPS) is 21.5. The van der Waals surface area contributed by atoms with Crippen LogP contribution in [0.3, 0.4) is 0 Å². The summed E-state index contributed by atoms with van der Waals surface area (Å²) in [5.74, 6) is 1.95. The van der Waals surface area contributed by atoms with Crippen LogP contribution in [-0.2, 0) is 0 Å². The molecule has 0 spiro atoms. The van der Waals surface area contributed by atoms with Gasteiger partial charge >= 0.3 is 0 Å². The molecule has 1 aliphatic carbocycles. The van der Waals surface area contributed by atoms with Crippen LogP contribution in [0.5, 0.6) is 5.75 Å². The van der Waals surface area contributed by atoms with Crippen molar-refractivity contribution in [3.63, 3.8) is 0 Å². The summed E-state index contributed by atoms with van der Waals surface area (Å²) < 4.78 is 5.50. The second-order valence-corrected chi connectivity index (χ2v) is 8.42. The monoisotopic (exact) mass is 408 g/mol. The Bertz CT molecular complexity index is 1110. The summed E-state index contributed by atoms with van der Waals surface area (Å²) in [6.07, 6.45) is 7.76. The van der Waals surface area contributed by atoms with Crippen LogP contribution < -0.4 is 10.1 Å². The Morgan fingerprint density at radius 1 is 1.03 bits per heavy atom. The molecular weight excluding hydrogens is 380 g/mol. The van der Waals surface area contributed by atoms with Gasteiger partial charge in [-0.3, -0.25) is 4.99 Å². The number of rotatable bonds is 5. The van der Waals surface area contributed by atoms with Crippen LogP contribution in [0.2, 0.25) is 0 Å². The average Bonchev–Trinajstić information content (AvgIpc) is 3.29. The Morgan fingerprint density at radius 3 is 2.61 bits per heavy atom. The molecule has 1 N–H and O–H groups in total. The summed E-state index contributed by atoms with van der Waals surface area (Å²) in [5, 5.41) is 3.81. The number of nitrogens with one attached hydrogen (secondary N) is 1. The smallest absolute Gasteiger partial charge is 0.119 e. The van der Waals surface area contributed by atoms with Crippen molar-refractivity contribution in [1.82, 2.24) is 0 Å². The Balaban J connectivity index is 1.33. The highest BCUT2D eigenvalue weighted by atomic mass is 16.5. The van der Waals surface area contributed by atoms with Gasteiger partial charge in [0.15, 0.2) is 0 Å². The topological polar surface area (TPSA) is 33.6 Å². The zero-order valence-electron chi connectivity index (χ0n) is 18.1. The van der Waals surface area contributed by atoms with Crippen molar-refractivity contribution in [2.75, 3.05) is 11.9 Å². The zero-order valence-corrected chi connectivity index (χ0v) is 18.1. The maximum absolute atomic E-state index is 5.50. The first-order chi connectivity index (χ1) is 15.2. The van der Waals surface area contributed by atoms with Crippen LogP contribution in [0.1, 0.15) is 47.6 Å². The number of benzene rings is 3. The molecule has 0 aromatic heterocycles. The Labute approximate surface area is 184 Å². The van der Waals surface area contributed by atoms with E-state index in [1.54, 1.807) is 0 Å². The molecule has 0 saturated heterocycles. The number of hydrogen-bond acceptors (Lipinski definition) is 3. The van der Waals surface area contributed by atoms with Crippen molar-refractivity contribution in [2.45, 2.75) is 32.2 Å². The fourth-order valence-corrected chi connectivity index (χ4v) is 4.78. The molecule has 3 aromatic rings. The fraction of sp³-hybridized carbons (Fsp3) is 0.250. The van der Waals surface area contributed by atoms with Crippen LogP contribution in [0.15, 0.2) is 83.9 Å². The Morgan fingerprint density at radius 2 is 1.84 bits per heavy atom. The van der Waals surface area contributed by atoms with Crippen LogP contribution >= 0.6 is 0 Å². The second-order valence-electron chi connectivity index (χ2n) is 8.42. The van der Waals surface area contributed by atoms with Gasteiger partial charge in [0.1, 0.15) is 5.75 Å². The highest BCUT2D eigenvalue weighted by Crippen LogP contribution is 2.50. The van der Waals surface area contributed by atoms with Gasteiger partial charge in [-0.15, -0.1) is 0 Å². The number of hydrogen-bond donors (Lipinski definition) is 1. The maximum Gasteiger partial charge on any atom is 0.119 e. The van der Waals surface area contributed by atoms with E-state index in [1.807, 2.05) is 37.4 Å². The molecule has 5 rings (SSSR count). The van der Waals surface area contributed by atoms with Gasteiger partial charge in [-0.2, -0.15) is 0 Å². The van der Waals surface area contributed by atoms with Crippen molar-refractivity contribution >= 4 is 17.6 Å². The zero-order chi connectivity index (χ0) is 21.2. The lowest BCUT2D eigenvalue weighted by atomic mass is 9.76. The molecule has 0 radical (unpaired) electrons. The average molecular weight is 409 g/mol. The lowest BCUT2D eigenvalue weighted by Gasteiger charge is -2.37. The minimum Gasteiger partial charge on any atom is -0.494 e. The van der Waals surface area contributed by atoms with E-state index in [-0.39, 0.29) is 0 Å². The lowest BCUT2D eigenvalue weighted by molar-refractivity contribution is 0.340. The van der Waals surface area contributed by atoms with Crippen LogP contribution in [-0.4, -0.2) is 12.8 Å². The van der Waals surface area contributed by atoms with Crippen molar-refractivity contribution in [1.29, 1.82) is 0 Å². The first-order valence-electron chi connectivity index (χ1n) is 11.1. The van der Waals surface area contributed by atoms with E-state index in [1.165, 1.54) is 22.4 Å². The van der Waals surface area contributed by atoms with Crippen molar-refractivity contribution in [2.24, 2.45) is 10.9 Å². The molecule has 1 heterocycles. The predicted molar refractivity (Wildman–Crippen MR) is 129 cm³/mol. The number of nitrogens with zero attached hydrogens (tertiary/aromatic N) is 1. The SMILES string of the molecule is CCOc1ccc(C=Nc2ccc([C@@H]3Nc4ccc(C)cc4[C@@H]4C=CC[C@H]43)cc2)cc1.